The maximum absolute atomic E-state index is 9.84. The standard InChI is InChI=1S/C11H16N4O2/c12-7-8-1-3-9(4-2-8)11(17)10(16)5-6-14-15-13/h1-4,10-11,16-17H,5-7,12H2. The molecule has 6 heteroatoms. The SMILES string of the molecule is [N-]=[N+]=NCCC(O)C(O)c1ccc(CN)cc1. The van der Waals surface area contributed by atoms with Gasteiger partial charge in [-0.3, -0.25) is 0 Å². The van der Waals surface area contributed by atoms with Crippen LogP contribution in [0.25, 0.3) is 10.4 Å². The largest absolute Gasteiger partial charge is 0.390 e. The summed E-state index contributed by atoms with van der Waals surface area (Å²) < 4.78 is 0. The van der Waals surface area contributed by atoms with Crippen LogP contribution in [-0.4, -0.2) is 22.9 Å². The number of rotatable bonds is 6. The average molecular weight is 236 g/mol. The van der Waals surface area contributed by atoms with E-state index >= 15 is 0 Å². The molecule has 0 amide bonds. The first-order chi connectivity index (χ1) is 8.19. The van der Waals surface area contributed by atoms with E-state index in [1.165, 1.54) is 0 Å². The molecule has 92 valence electrons. The van der Waals surface area contributed by atoms with E-state index in [9.17, 15) is 10.2 Å². The molecule has 0 spiro atoms. The van der Waals surface area contributed by atoms with Crippen LogP contribution >= 0.6 is 0 Å². The van der Waals surface area contributed by atoms with E-state index in [1.54, 1.807) is 24.3 Å². The molecule has 0 bridgehead atoms. The molecule has 0 aromatic heterocycles. The number of aliphatic hydroxyl groups excluding tert-OH is 2. The van der Waals surface area contributed by atoms with Crippen molar-refractivity contribution in [2.24, 2.45) is 10.8 Å². The fraction of sp³-hybridized carbons (Fsp3) is 0.455. The molecule has 4 N–H and O–H groups in total. The van der Waals surface area contributed by atoms with E-state index < -0.39 is 12.2 Å². The van der Waals surface area contributed by atoms with E-state index in [1.807, 2.05) is 0 Å². The monoisotopic (exact) mass is 236 g/mol. The Bertz CT molecular complexity index is 387. The van der Waals surface area contributed by atoms with Gasteiger partial charge in [-0.25, -0.2) is 0 Å². The number of nitrogens with zero attached hydrogens (tertiary/aromatic N) is 3. The second-order valence-electron chi connectivity index (χ2n) is 3.70. The predicted octanol–water partition coefficient (Wildman–Crippen LogP) is 1.24. The third-order valence-electron chi connectivity index (χ3n) is 2.51. The number of azide groups is 1. The summed E-state index contributed by atoms with van der Waals surface area (Å²) in [5.41, 5.74) is 15.1. The summed E-state index contributed by atoms with van der Waals surface area (Å²) in [5.74, 6) is 0. The van der Waals surface area contributed by atoms with Crippen LogP contribution in [0.2, 0.25) is 0 Å². The number of aliphatic hydroxyl groups is 2. The van der Waals surface area contributed by atoms with Crippen molar-refractivity contribution in [2.45, 2.75) is 25.2 Å². The van der Waals surface area contributed by atoms with Gasteiger partial charge in [0.25, 0.3) is 0 Å². The van der Waals surface area contributed by atoms with Crippen molar-refractivity contribution in [3.8, 4) is 0 Å². The molecule has 2 atom stereocenters. The molecule has 2 unspecified atom stereocenters. The first-order valence-electron chi connectivity index (χ1n) is 5.35. The summed E-state index contributed by atoms with van der Waals surface area (Å²) in [6, 6.07) is 7.06. The highest BCUT2D eigenvalue weighted by atomic mass is 16.3. The zero-order valence-corrected chi connectivity index (χ0v) is 9.40. The fourth-order valence-corrected chi connectivity index (χ4v) is 1.47. The van der Waals surface area contributed by atoms with Crippen molar-refractivity contribution in [2.75, 3.05) is 6.54 Å². The van der Waals surface area contributed by atoms with E-state index in [-0.39, 0.29) is 13.0 Å². The van der Waals surface area contributed by atoms with Gasteiger partial charge in [-0.2, -0.15) is 0 Å². The molecule has 0 heterocycles. The Morgan fingerprint density at radius 1 is 1.29 bits per heavy atom. The lowest BCUT2D eigenvalue weighted by atomic mass is 10.0. The van der Waals surface area contributed by atoms with Gasteiger partial charge in [0, 0.05) is 18.0 Å². The molecule has 0 saturated heterocycles. The maximum atomic E-state index is 9.84. The number of nitrogens with two attached hydrogens (primary N) is 1. The van der Waals surface area contributed by atoms with Gasteiger partial charge in [-0.1, -0.05) is 29.4 Å². The zero-order valence-electron chi connectivity index (χ0n) is 9.40. The number of benzene rings is 1. The quantitative estimate of drug-likeness (QED) is 0.392. The summed E-state index contributed by atoms with van der Waals surface area (Å²) in [6.07, 6.45) is -1.69. The van der Waals surface area contributed by atoms with Gasteiger partial charge in [0.2, 0.25) is 0 Å². The van der Waals surface area contributed by atoms with Crippen molar-refractivity contribution < 1.29 is 10.2 Å². The Balaban J connectivity index is 2.60. The molecule has 17 heavy (non-hydrogen) atoms. The lowest BCUT2D eigenvalue weighted by molar-refractivity contribution is 0.0150. The fourth-order valence-electron chi connectivity index (χ4n) is 1.47. The predicted molar refractivity (Wildman–Crippen MR) is 63.9 cm³/mol. The summed E-state index contributed by atoms with van der Waals surface area (Å²) in [4.78, 5) is 2.58. The number of hydrogen-bond donors (Lipinski definition) is 3. The van der Waals surface area contributed by atoms with Crippen molar-refractivity contribution in [1.29, 1.82) is 0 Å². The molecule has 0 radical (unpaired) electrons. The third-order valence-corrected chi connectivity index (χ3v) is 2.51. The van der Waals surface area contributed by atoms with Gasteiger partial charge < -0.3 is 15.9 Å². The Morgan fingerprint density at radius 3 is 2.47 bits per heavy atom. The first-order valence-corrected chi connectivity index (χ1v) is 5.35. The molecule has 1 rings (SSSR count). The van der Waals surface area contributed by atoms with Gasteiger partial charge in [0.15, 0.2) is 0 Å². The molecule has 6 nitrogen and oxygen atoms in total. The molecule has 1 aromatic rings. The smallest absolute Gasteiger partial charge is 0.105 e. The Labute approximate surface area is 99.3 Å². The van der Waals surface area contributed by atoms with Gasteiger partial charge >= 0.3 is 0 Å². The van der Waals surface area contributed by atoms with Crippen molar-refractivity contribution in [3.63, 3.8) is 0 Å². The minimum atomic E-state index is -0.976. The normalized spacial score (nSPS) is 13.8. The molecule has 0 aliphatic heterocycles. The summed E-state index contributed by atoms with van der Waals surface area (Å²) in [7, 11) is 0. The molecule has 0 aliphatic carbocycles. The highest BCUT2D eigenvalue weighted by molar-refractivity contribution is 5.24. The summed E-state index contributed by atoms with van der Waals surface area (Å²) >= 11 is 0. The molecular formula is C11H16N4O2. The minimum Gasteiger partial charge on any atom is -0.390 e. The van der Waals surface area contributed by atoms with E-state index in [2.05, 4.69) is 10.0 Å². The van der Waals surface area contributed by atoms with Crippen LogP contribution in [0.3, 0.4) is 0 Å². The molecule has 0 fully saturated rings. The Morgan fingerprint density at radius 2 is 1.94 bits per heavy atom. The highest BCUT2D eigenvalue weighted by Crippen LogP contribution is 2.19. The van der Waals surface area contributed by atoms with Crippen molar-refractivity contribution >= 4 is 0 Å². The number of hydrogen-bond acceptors (Lipinski definition) is 4. The van der Waals surface area contributed by atoms with Crippen molar-refractivity contribution in [3.05, 3.63) is 45.8 Å². The second-order valence-corrected chi connectivity index (χ2v) is 3.70. The van der Waals surface area contributed by atoms with Crippen molar-refractivity contribution in [1.82, 2.24) is 0 Å². The summed E-state index contributed by atoms with van der Waals surface area (Å²) in [6.45, 7) is 0.603. The minimum absolute atomic E-state index is 0.162. The van der Waals surface area contributed by atoms with Crippen LogP contribution in [0.5, 0.6) is 0 Å². The molecule has 0 aliphatic rings. The van der Waals surface area contributed by atoms with Crippen LogP contribution in [0.1, 0.15) is 23.7 Å². The third kappa shape index (κ3) is 4.05. The lowest BCUT2D eigenvalue weighted by Crippen LogP contribution is -2.19. The van der Waals surface area contributed by atoms with Crippen LogP contribution in [0.4, 0.5) is 0 Å². The lowest BCUT2D eigenvalue weighted by Gasteiger charge is -2.17. The second kappa shape index (κ2) is 6.88. The molecular weight excluding hydrogens is 220 g/mol. The van der Waals surface area contributed by atoms with Crippen LogP contribution in [0, 0.1) is 0 Å². The van der Waals surface area contributed by atoms with Crippen LogP contribution in [0.15, 0.2) is 29.4 Å². The Hall–Kier alpha value is -1.59. The highest BCUT2D eigenvalue weighted by Gasteiger charge is 2.17. The molecule has 1 aromatic carbocycles. The van der Waals surface area contributed by atoms with E-state index in [4.69, 9.17) is 11.3 Å². The van der Waals surface area contributed by atoms with Gasteiger partial charge in [0.05, 0.1) is 6.10 Å². The van der Waals surface area contributed by atoms with Gasteiger partial charge in [-0.15, -0.1) is 0 Å². The van der Waals surface area contributed by atoms with E-state index in [0.29, 0.717) is 12.1 Å². The summed E-state index contributed by atoms with van der Waals surface area (Å²) in [5, 5.41) is 22.8. The van der Waals surface area contributed by atoms with Crippen LogP contribution < -0.4 is 5.73 Å². The van der Waals surface area contributed by atoms with Gasteiger partial charge in [0.1, 0.15) is 6.10 Å². The topological polar surface area (TPSA) is 115 Å². The average Bonchev–Trinajstić information content (AvgIpc) is 2.38. The maximum Gasteiger partial charge on any atom is 0.105 e. The zero-order chi connectivity index (χ0) is 12.7. The first kappa shape index (κ1) is 13.5. The molecule has 0 saturated carbocycles. The Kier molecular flexibility index (Phi) is 5.45. The van der Waals surface area contributed by atoms with E-state index in [0.717, 1.165) is 5.56 Å². The van der Waals surface area contributed by atoms with Crippen LogP contribution in [-0.2, 0) is 6.54 Å². The van der Waals surface area contributed by atoms with Gasteiger partial charge in [-0.05, 0) is 23.1 Å².